The number of hydrogen-bond acceptors (Lipinski definition) is 3. The first kappa shape index (κ1) is 9.15. The minimum Gasteiger partial charge on any atom is -0.368 e. The van der Waals surface area contributed by atoms with Gasteiger partial charge in [0.1, 0.15) is 6.04 Å². The molecule has 5 heteroatoms. The summed E-state index contributed by atoms with van der Waals surface area (Å²) in [5, 5.41) is 3.31. The highest BCUT2D eigenvalue weighted by atomic mass is 16.2. The van der Waals surface area contributed by atoms with Crippen LogP contribution >= 0.6 is 0 Å². The number of fused-ring (bicyclic) bond motifs is 1. The maximum atomic E-state index is 12.1. The Labute approximate surface area is 88.0 Å². The zero-order valence-electron chi connectivity index (χ0n) is 8.48. The highest BCUT2D eigenvalue weighted by molar-refractivity contribution is 5.90. The van der Waals surface area contributed by atoms with Gasteiger partial charge in [0, 0.05) is 12.6 Å². The molecular formula is C10H15N3O2. The number of carbonyl (C=O) groups excluding carboxylic acids is 2. The predicted octanol–water partition coefficient (Wildman–Crippen LogP) is -1.32. The van der Waals surface area contributed by atoms with E-state index in [0.717, 1.165) is 19.4 Å². The van der Waals surface area contributed by atoms with Crippen LogP contribution in [0.1, 0.15) is 12.8 Å². The van der Waals surface area contributed by atoms with Crippen LogP contribution in [0.15, 0.2) is 0 Å². The van der Waals surface area contributed by atoms with Gasteiger partial charge in [0.25, 0.3) is 0 Å². The summed E-state index contributed by atoms with van der Waals surface area (Å²) in [7, 11) is 0. The molecule has 0 radical (unpaired) electrons. The summed E-state index contributed by atoms with van der Waals surface area (Å²) in [4.78, 5) is 24.7. The van der Waals surface area contributed by atoms with Crippen LogP contribution in [0.4, 0.5) is 0 Å². The molecule has 15 heavy (non-hydrogen) atoms. The Bertz CT molecular complexity index is 317. The summed E-state index contributed by atoms with van der Waals surface area (Å²) in [5.41, 5.74) is 5.22. The Morgan fingerprint density at radius 2 is 2.20 bits per heavy atom. The van der Waals surface area contributed by atoms with Crippen LogP contribution < -0.4 is 11.1 Å². The maximum Gasteiger partial charge on any atom is 0.240 e. The molecule has 4 unspecified atom stereocenters. The number of hydrogen-bond donors (Lipinski definition) is 2. The average Bonchev–Trinajstić information content (AvgIpc) is 2.58. The molecule has 3 saturated heterocycles. The largest absolute Gasteiger partial charge is 0.368 e. The highest BCUT2D eigenvalue weighted by Gasteiger charge is 2.53. The van der Waals surface area contributed by atoms with E-state index in [1.807, 2.05) is 0 Å². The van der Waals surface area contributed by atoms with Gasteiger partial charge in [-0.3, -0.25) is 9.59 Å². The minimum atomic E-state index is -0.366. The van der Waals surface area contributed by atoms with E-state index >= 15 is 0 Å². The Balaban J connectivity index is 1.68. The Morgan fingerprint density at radius 1 is 1.40 bits per heavy atom. The van der Waals surface area contributed by atoms with Gasteiger partial charge >= 0.3 is 0 Å². The molecule has 4 fully saturated rings. The summed E-state index contributed by atoms with van der Waals surface area (Å²) in [6.45, 7) is 1.65. The van der Waals surface area contributed by atoms with Gasteiger partial charge in [0.05, 0.1) is 5.92 Å². The van der Waals surface area contributed by atoms with E-state index in [9.17, 15) is 9.59 Å². The van der Waals surface area contributed by atoms with Crippen molar-refractivity contribution >= 4 is 11.8 Å². The number of nitrogens with one attached hydrogen (secondary N) is 1. The van der Waals surface area contributed by atoms with Crippen molar-refractivity contribution in [1.29, 1.82) is 0 Å². The zero-order chi connectivity index (χ0) is 10.6. The third-order valence-corrected chi connectivity index (χ3v) is 4.06. The van der Waals surface area contributed by atoms with Gasteiger partial charge in [-0.15, -0.1) is 0 Å². The molecular weight excluding hydrogens is 194 g/mol. The molecule has 1 saturated carbocycles. The van der Waals surface area contributed by atoms with Crippen molar-refractivity contribution in [3.8, 4) is 0 Å². The number of primary amides is 1. The van der Waals surface area contributed by atoms with Crippen molar-refractivity contribution in [2.24, 2.45) is 17.6 Å². The lowest BCUT2D eigenvalue weighted by atomic mass is 9.72. The SMILES string of the molecule is NC(=O)C1CCN1C(=O)C1C2CNC1C2. The van der Waals surface area contributed by atoms with Crippen molar-refractivity contribution in [2.75, 3.05) is 13.1 Å². The molecule has 0 aromatic rings. The van der Waals surface area contributed by atoms with Crippen LogP contribution in [0.25, 0.3) is 0 Å². The van der Waals surface area contributed by atoms with Crippen LogP contribution in [0, 0.1) is 11.8 Å². The second-order valence-corrected chi connectivity index (χ2v) is 4.77. The molecule has 2 bridgehead atoms. The number of rotatable bonds is 2. The third kappa shape index (κ3) is 1.13. The molecule has 4 aliphatic rings. The molecule has 1 aliphatic carbocycles. The smallest absolute Gasteiger partial charge is 0.240 e. The van der Waals surface area contributed by atoms with E-state index < -0.39 is 0 Å². The Hall–Kier alpha value is -1.10. The summed E-state index contributed by atoms with van der Waals surface area (Å²) < 4.78 is 0. The molecule has 0 aromatic heterocycles. The van der Waals surface area contributed by atoms with Crippen LogP contribution in [0.5, 0.6) is 0 Å². The fraction of sp³-hybridized carbons (Fsp3) is 0.800. The molecule has 5 nitrogen and oxygen atoms in total. The maximum absolute atomic E-state index is 12.1. The van der Waals surface area contributed by atoms with Crippen LogP contribution in [-0.2, 0) is 9.59 Å². The van der Waals surface area contributed by atoms with Crippen LogP contribution in [0.3, 0.4) is 0 Å². The van der Waals surface area contributed by atoms with Gasteiger partial charge in [-0.05, 0) is 25.3 Å². The van der Waals surface area contributed by atoms with Gasteiger partial charge in [-0.2, -0.15) is 0 Å². The van der Waals surface area contributed by atoms with E-state index in [-0.39, 0.29) is 23.8 Å². The number of nitrogens with zero attached hydrogens (tertiary/aromatic N) is 1. The lowest BCUT2D eigenvalue weighted by molar-refractivity contribution is -0.153. The fourth-order valence-electron chi connectivity index (χ4n) is 2.99. The number of carbonyl (C=O) groups is 2. The first-order valence-corrected chi connectivity index (χ1v) is 5.51. The number of nitrogens with two attached hydrogens (primary N) is 1. The number of likely N-dealkylation sites (tertiary alicyclic amines) is 1. The van der Waals surface area contributed by atoms with Gasteiger partial charge in [-0.1, -0.05) is 0 Å². The molecule has 4 rings (SSSR count). The molecule has 2 amide bonds. The molecule has 3 N–H and O–H groups in total. The van der Waals surface area contributed by atoms with Gasteiger partial charge in [0.15, 0.2) is 0 Å². The fourth-order valence-corrected chi connectivity index (χ4v) is 2.99. The van der Waals surface area contributed by atoms with Crippen LogP contribution in [0.2, 0.25) is 0 Å². The summed E-state index contributed by atoms with van der Waals surface area (Å²) >= 11 is 0. The normalized spacial score (nSPS) is 42.0. The quantitative estimate of drug-likeness (QED) is 0.592. The molecule has 82 valence electrons. The molecule has 3 aliphatic heterocycles. The summed E-state index contributed by atoms with van der Waals surface area (Å²) in [5.74, 6) is 0.384. The first-order chi connectivity index (χ1) is 7.18. The van der Waals surface area contributed by atoms with E-state index in [1.165, 1.54) is 0 Å². The highest BCUT2D eigenvalue weighted by Crippen LogP contribution is 2.42. The predicted molar refractivity (Wildman–Crippen MR) is 52.7 cm³/mol. The topological polar surface area (TPSA) is 75.4 Å². The molecule has 3 heterocycles. The van der Waals surface area contributed by atoms with E-state index in [0.29, 0.717) is 18.5 Å². The first-order valence-electron chi connectivity index (χ1n) is 5.51. The lowest BCUT2D eigenvalue weighted by Gasteiger charge is -2.44. The molecule has 0 spiro atoms. The van der Waals surface area contributed by atoms with Gasteiger partial charge < -0.3 is 16.0 Å². The van der Waals surface area contributed by atoms with E-state index in [2.05, 4.69) is 5.32 Å². The third-order valence-electron chi connectivity index (χ3n) is 4.06. The van der Waals surface area contributed by atoms with Crippen molar-refractivity contribution in [1.82, 2.24) is 10.2 Å². The van der Waals surface area contributed by atoms with E-state index in [4.69, 9.17) is 5.73 Å². The van der Waals surface area contributed by atoms with Crippen molar-refractivity contribution < 1.29 is 9.59 Å². The minimum absolute atomic E-state index is 0.118. The second kappa shape index (κ2) is 2.95. The standard InChI is InChI=1S/C10H15N3O2/c11-9(14)7-1-2-13(7)10(15)8-5-3-6(8)12-4-5/h5-8,12H,1-4H2,(H2,11,14). The van der Waals surface area contributed by atoms with Crippen molar-refractivity contribution in [3.63, 3.8) is 0 Å². The average molecular weight is 209 g/mol. The number of amides is 2. The molecule has 0 aromatic carbocycles. The Morgan fingerprint density at radius 3 is 2.60 bits per heavy atom. The van der Waals surface area contributed by atoms with Crippen LogP contribution in [-0.4, -0.2) is 41.9 Å². The van der Waals surface area contributed by atoms with Gasteiger partial charge in [0.2, 0.25) is 11.8 Å². The second-order valence-electron chi connectivity index (χ2n) is 4.77. The Kier molecular flexibility index (Phi) is 1.80. The monoisotopic (exact) mass is 209 g/mol. The van der Waals surface area contributed by atoms with Gasteiger partial charge in [-0.25, -0.2) is 0 Å². The molecule has 4 atom stereocenters. The summed E-state index contributed by atoms with van der Waals surface area (Å²) in [6, 6.07) is 0.0223. The van der Waals surface area contributed by atoms with E-state index in [1.54, 1.807) is 4.90 Å². The van der Waals surface area contributed by atoms with Crippen molar-refractivity contribution in [3.05, 3.63) is 0 Å². The summed E-state index contributed by atoms with van der Waals surface area (Å²) in [6.07, 6.45) is 1.85. The van der Waals surface area contributed by atoms with Crippen molar-refractivity contribution in [2.45, 2.75) is 24.9 Å². The zero-order valence-corrected chi connectivity index (χ0v) is 8.48. The lowest BCUT2D eigenvalue weighted by Crippen LogP contribution is -2.61.